The molecule has 21 nitrogen and oxygen atoms in total. The number of phenolic OH excluding ortho intramolecular Hbond substituents is 1. The fourth-order valence-corrected chi connectivity index (χ4v) is 7.33. The van der Waals surface area contributed by atoms with Gasteiger partial charge in [-0.2, -0.15) is 0 Å². The predicted octanol–water partition coefficient (Wildman–Crippen LogP) is 0.0728. The van der Waals surface area contributed by atoms with E-state index in [-0.39, 0.29) is 27.8 Å². The Labute approximate surface area is 308 Å². The number of anilines is 3. The van der Waals surface area contributed by atoms with Gasteiger partial charge in [0.25, 0.3) is 5.56 Å². The Morgan fingerprint density at radius 1 is 0.981 bits per heavy atom. The van der Waals surface area contributed by atoms with Gasteiger partial charge < -0.3 is 46.6 Å². The van der Waals surface area contributed by atoms with E-state index in [1.165, 1.54) is 65.2 Å². The molecule has 54 heavy (non-hydrogen) atoms. The number of sulfonamides is 1. The number of amides is 4. The second kappa shape index (κ2) is 16.1. The number of β-lactam (4-membered cyclic amide) rings is 1. The zero-order chi connectivity index (χ0) is 40.1. The molecule has 3 heterocycles. The lowest BCUT2D eigenvalue weighted by Gasteiger charge is -2.44. The number of thioether (sulfide) groups is 1. The highest BCUT2D eigenvalue weighted by molar-refractivity contribution is 8.01. The van der Waals surface area contributed by atoms with E-state index in [0.29, 0.717) is 17.8 Å². The third-order valence-electron chi connectivity index (χ3n) is 7.60. The van der Waals surface area contributed by atoms with Crippen LogP contribution in [0, 0.1) is 0 Å². The maximum absolute atomic E-state index is 13.5. The van der Waals surface area contributed by atoms with E-state index in [1.807, 2.05) is 0 Å². The number of phenols is 1. The summed E-state index contributed by atoms with van der Waals surface area (Å²) in [6, 6.07) is 6.16. The molecule has 3 aromatic rings. The lowest BCUT2D eigenvalue weighted by molar-refractivity contribution is -0.161. The van der Waals surface area contributed by atoms with E-state index >= 15 is 0 Å². The van der Waals surface area contributed by atoms with Gasteiger partial charge in [0.2, 0.25) is 27.8 Å². The lowest BCUT2D eigenvalue weighted by atomic mass is 9.95. The van der Waals surface area contributed by atoms with Gasteiger partial charge >= 0.3 is 23.9 Å². The number of carbonyl (C=O) groups excluding carboxylic acids is 3. The molecule has 0 bridgehead atoms. The van der Waals surface area contributed by atoms with Crippen molar-refractivity contribution in [2.75, 3.05) is 10.6 Å². The molecule has 0 spiro atoms. The summed E-state index contributed by atoms with van der Waals surface area (Å²) < 4.78 is 22.0. The normalized spacial score (nSPS) is 18.9. The van der Waals surface area contributed by atoms with Crippen LogP contribution in [0.5, 0.6) is 5.75 Å². The molecular formula is C31H32N8O13S2. The number of hydrogen-bond acceptors (Lipinski definition) is 13. The summed E-state index contributed by atoms with van der Waals surface area (Å²) in [5, 5.41) is 49.6. The number of carbonyl (C=O) groups is 6. The number of H-pyrrole nitrogens is 1. The van der Waals surface area contributed by atoms with Gasteiger partial charge in [-0.25, -0.2) is 37.7 Å². The fraction of sp³-hybridized carbons (Fsp3) is 0.226. The maximum Gasteiger partial charge on any atom is 0.328 e. The number of nitrogens with zero attached hydrogens (tertiary/aromatic N) is 2. The zero-order valence-corrected chi connectivity index (χ0v) is 29.5. The maximum atomic E-state index is 13.5. The number of aromatic nitrogens is 2. The Morgan fingerprint density at radius 2 is 1.57 bits per heavy atom. The van der Waals surface area contributed by atoms with E-state index in [1.54, 1.807) is 13.8 Å². The molecule has 4 atom stereocenters. The average Bonchev–Trinajstić information content (AvgIpc) is 3.34. The molecule has 0 radical (unpaired) electrons. The number of fused-ring (bicyclic) bond motifs is 1. The molecule has 1 aromatic heterocycles. The van der Waals surface area contributed by atoms with Crippen molar-refractivity contribution in [1.82, 2.24) is 25.5 Å². The van der Waals surface area contributed by atoms with Crippen molar-refractivity contribution in [1.29, 1.82) is 0 Å². The Morgan fingerprint density at radius 3 is 2.09 bits per heavy atom. The number of benzene rings is 2. The first-order valence-electron chi connectivity index (χ1n) is 15.2. The average molecular weight is 789 g/mol. The van der Waals surface area contributed by atoms with E-state index < -0.39 is 79.6 Å². The van der Waals surface area contributed by atoms with E-state index in [0.717, 1.165) is 6.20 Å². The van der Waals surface area contributed by atoms with Crippen LogP contribution in [0.1, 0.15) is 25.5 Å². The van der Waals surface area contributed by atoms with Gasteiger partial charge in [0.15, 0.2) is 0 Å². The molecule has 2 saturated heterocycles. The molecule has 0 aliphatic carbocycles. The van der Waals surface area contributed by atoms with Crippen LogP contribution >= 0.6 is 11.8 Å². The van der Waals surface area contributed by atoms with Crippen LogP contribution in [0.2, 0.25) is 0 Å². The van der Waals surface area contributed by atoms with Crippen LogP contribution < -0.4 is 32.0 Å². The highest BCUT2D eigenvalue weighted by Crippen LogP contribution is 2.50. The van der Waals surface area contributed by atoms with Crippen LogP contribution in [0.15, 0.2) is 76.6 Å². The van der Waals surface area contributed by atoms with Gasteiger partial charge in [0.05, 0.1) is 11.1 Å². The third kappa shape index (κ3) is 9.69. The van der Waals surface area contributed by atoms with E-state index in [9.17, 15) is 52.2 Å². The molecule has 1 unspecified atom stereocenters. The molecule has 2 aliphatic rings. The Hall–Kier alpha value is -6.46. The molecule has 2 fully saturated rings. The van der Waals surface area contributed by atoms with Crippen LogP contribution in [-0.4, -0.2) is 102 Å². The van der Waals surface area contributed by atoms with Gasteiger partial charge in [-0.05, 0) is 55.8 Å². The van der Waals surface area contributed by atoms with Gasteiger partial charge in [0, 0.05) is 22.6 Å². The topological polar surface area (TPSA) is 341 Å². The van der Waals surface area contributed by atoms with Gasteiger partial charge in [-0.1, -0.05) is 12.1 Å². The first kappa shape index (κ1) is 40.3. The van der Waals surface area contributed by atoms with Crippen molar-refractivity contribution in [3.63, 3.8) is 0 Å². The first-order chi connectivity index (χ1) is 25.2. The molecule has 11 N–H and O–H groups in total. The molecule has 23 heteroatoms. The number of aliphatic carboxylic acids is 3. The van der Waals surface area contributed by atoms with Gasteiger partial charge in [0.1, 0.15) is 34.9 Å². The van der Waals surface area contributed by atoms with Crippen molar-refractivity contribution >= 4 is 74.9 Å². The molecule has 4 amide bonds. The Balaban J connectivity index is 0.000000730. The quantitative estimate of drug-likeness (QED) is 0.0908. The van der Waals surface area contributed by atoms with Crippen molar-refractivity contribution < 1.29 is 57.6 Å². The number of hydrogen-bond donors (Lipinski definition) is 10. The Bertz CT molecular complexity index is 2160. The summed E-state index contributed by atoms with van der Waals surface area (Å²) in [5.41, 5.74) is -0.445. The fourth-order valence-electron chi connectivity index (χ4n) is 5.19. The van der Waals surface area contributed by atoms with Gasteiger partial charge in [-0.15, -0.1) is 11.8 Å². The van der Waals surface area contributed by atoms with Crippen LogP contribution in [0.4, 0.5) is 22.1 Å². The number of carboxylic acids is 3. The summed E-state index contributed by atoms with van der Waals surface area (Å²) in [7, 11) is -3.89. The van der Waals surface area contributed by atoms with Crippen LogP contribution in [0.25, 0.3) is 0 Å². The summed E-state index contributed by atoms with van der Waals surface area (Å²) in [6.07, 6.45) is 2.17. The number of nitrogens with one attached hydrogen (secondary N) is 5. The van der Waals surface area contributed by atoms with Crippen molar-refractivity contribution in [2.45, 2.75) is 47.0 Å². The number of carboxylic acid groups (broad SMARTS) is 3. The highest BCUT2D eigenvalue weighted by atomic mass is 32.2. The second-order valence-corrected chi connectivity index (χ2v) is 15.2. The summed E-state index contributed by atoms with van der Waals surface area (Å²) >= 11 is 1.23. The SMILES string of the molecule is CC1(C)S[C@@H]2[C@H](NC(=O)C(NC(=O)Nc3cnc(Nc4ccc(S(N)(=O)=O)cc4)[nH]c3=O)c3ccc(O)cc3)C(=O)N2[C@H]1C(=O)O.O=C(O)/C=C\C(=O)O. The van der Waals surface area contributed by atoms with E-state index in [2.05, 4.69) is 31.2 Å². The van der Waals surface area contributed by atoms with E-state index in [4.69, 9.17) is 15.4 Å². The zero-order valence-electron chi connectivity index (χ0n) is 27.9. The number of aromatic hydroxyl groups is 1. The minimum absolute atomic E-state index is 0.0297. The molecule has 5 rings (SSSR count). The third-order valence-corrected chi connectivity index (χ3v) is 10.1. The minimum Gasteiger partial charge on any atom is -0.508 e. The van der Waals surface area contributed by atoms with Crippen LogP contribution in [0.3, 0.4) is 0 Å². The summed E-state index contributed by atoms with van der Waals surface area (Å²) in [6.45, 7) is 3.39. The number of urea groups is 1. The Kier molecular flexibility index (Phi) is 12.0. The number of rotatable bonds is 11. The monoisotopic (exact) mass is 788 g/mol. The number of primary sulfonamides is 1. The lowest BCUT2D eigenvalue weighted by Crippen LogP contribution is -2.71. The van der Waals surface area contributed by atoms with Gasteiger partial charge in [-0.3, -0.25) is 19.4 Å². The van der Waals surface area contributed by atoms with Crippen molar-refractivity contribution in [3.8, 4) is 5.75 Å². The predicted molar refractivity (Wildman–Crippen MR) is 189 cm³/mol. The summed E-state index contributed by atoms with van der Waals surface area (Å²) in [5.74, 6) is -5.18. The van der Waals surface area contributed by atoms with Crippen LogP contribution in [-0.2, 0) is 34.0 Å². The minimum atomic E-state index is -3.89. The standard InChI is InChI=1S/C27H28N8O9S2.C4H4O4/c1-27(2)19(24(40)41)35-22(39)18(23(35)45-27)32-21(38)17(12-3-7-14(36)8-4-12)33-26(42)31-16-11-29-25(34-20(16)37)30-13-5-9-15(10-6-13)46(28,43)44;5-3(6)1-2-4(7)8/h3-11,17-19,23,36H,1-2H3,(H,32,38)(H,40,41)(H2,28,43,44)(H2,31,33,42)(H2,29,30,34,37);1-2H,(H,5,6)(H,7,8)/b;2-1-/t17?,18-,19+,23-;/m1./s1. The smallest absolute Gasteiger partial charge is 0.328 e. The first-order valence-corrected chi connectivity index (χ1v) is 17.6. The van der Waals surface area contributed by atoms with Crippen molar-refractivity contribution in [3.05, 3.63) is 82.8 Å². The molecular weight excluding hydrogens is 757 g/mol. The molecule has 2 aliphatic heterocycles. The largest absolute Gasteiger partial charge is 0.508 e. The summed E-state index contributed by atoms with van der Waals surface area (Å²) in [4.78, 5) is 90.5. The molecule has 0 saturated carbocycles. The number of nitrogens with two attached hydrogens (primary N) is 1. The van der Waals surface area contributed by atoms with Crippen molar-refractivity contribution in [2.24, 2.45) is 5.14 Å². The highest BCUT2D eigenvalue weighted by Gasteiger charge is 2.64. The molecule has 2 aromatic carbocycles. The molecule has 286 valence electrons. The number of aromatic amines is 1. The second-order valence-electron chi connectivity index (χ2n) is 11.9.